The van der Waals surface area contributed by atoms with Crippen molar-refractivity contribution in [1.82, 2.24) is 5.32 Å². The van der Waals surface area contributed by atoms with Gasteiger partial charge in [-0.1, -0.05) is 12.1 Å². The highest BCUT2D eigenvalue weighted by Crippen LogP contribution is 2.16. The van der Waals surface area contributed by atoms with Gasteiger partial charge in [-0.3, -0.25) is 4.79 Å². The van der Waals surface area contributed by atoms with Gasteiger partial charge in [0.1, 0.15) is 0 Å². The highest BCUT2D eigenvalue weighted by molar-refractivity contribution is 5.99. The maximum Gasteiger partial charge on any atom is 0.253 e. The summed E-state index contributed by atoms with van der Waals surface area (Å²) >= 11 is 0. The van der Waals surface area contributed by atoms with E-state index in [4.69, 9.17) is 9.84 Å². The van der Waals surface area contributed by atoms with Crippen molar-refractivity contribution >= 4 is 11.6 Å². The van der Waals surface area contributed by atoms with Crippen molar-refractivity contribution in [3.05, 3.63) is 29.8 Å². The van der Waals surface area contributed by atoms with Gasteiger partial charge in [0.15, 0.2) is 0 Å². The van der Waals surface area contributed by atoms with Gasteiger partial charge in [0, 0.05) is 25.4 Å². The van der Waals surface area contributed by atoms with Crippen molar-refractivity contribution in [2.75, 3.05) is 25.6 Å². The van der Waals surface area contributed by atoms with Gasteiger partial charge in [0.25, 0.3) is 5.91 Å². The molecule has 0 bridgehead atoms. The number of carbonyl (C=O) groups excluding carboxylic acids is 1. The molecule has 1 amide bonds. The van der Waals surface area contributed by atoms with Crippen molar-refractivity contribution in [2.24, 2.45) is 0 Å². The van der Waals surface area contributed by atoms with Gasteiger partial charge in [-0.05, 0) is 32.4 Å². The summed E-state index contributed by atoms with van der Waals surface area (Å²) in [5, 5.41) is 15.1. The molecule has 0 aliphatic carbocycles. The van der Waals surface area contributed by atoms with E-state index in [-0.39, 0.29) is 24.6 Å². The minimum absolute atomic E-state index is 0.0141. The summed E-state index contributed by atoms with van der Waals surface area (Å²) in [6.07, 6.45) is 0.472. The Morgan fingerprint density at radius 2 is 2.05 bits per heavy atom. The van der Waals surface area contributed by atoms with Gasteiger partial charge >= 0.3 is 0 Å². The molecule has 20 heavy (non-hydrogen) atoms. The first kappa shape index (κ1) is 16.5. The third-order valence-corrected chi connectivity index (χ3v) is 2.80. The monoisotopic (exact) mass is 280 g/mol. The fourth-order valence-corrected chi connectivity index (χ4v) is 1.94. The number of hydrogen-bond donors (Lipinski definition) is 3. The number of hydrogen-bond acceptors (Lipinski definition) is 4. The second-order valence-corrected chi connectivity index (χ2v) is 4.98. The van der Waals surface area contributed by atoms with Crippen LogP contribution in [0.3, 0.4) is 0 Å². The average Bonchev–Trinajstić information content (AvgIpc) is 2.39. The molecule has 1 aromatic carbocycles. The van der Waals surface area contributed by atoms with E-state index in [0.29, 0.717) is 18.6 Å². The molecule has 0 radical (unpaired) electrons. The molecule has 5 heteroatoms. The Bertz CT molecular complexity index is 415. The smallest absolute Gasteiger partial charge is 0.253 e. The number of aliphatic hydroxyl groups is 1. The van der Waals surface area contributed by atoms with Crippen LogP contribution in [-0.2, 0) is 4.74 Å². The van der Waals surface area contributed by atoms with Crippen LogP contribution in [0.4, 0.5) is 5.69 Å². The maximum absolute atomic E-state index is 12.3. The van der Waals surface area contributed by atoms with Crippen LogP contribution < -0.4 is 10.6 Å². The quantitative estimate of drug-likeness (QED) is 0.677. The minimum Gasteiger partial charge on any atom is -0.396 e. The van der Waals surface area contributed by atoms with Crippen LogP contribution in [0.5, 0.6) is 0 Å². The SMILES string of the molecule is COCC(CCO)NC(=O)c1ccccc1NC(C)C. The number of amides is 1. The Hall–Kier alpha value is -1.59. The molecule has 1 unspecified atom stereocenters. The third-order valence-electron chi connectivity index (χ3n) is 2.80. The van der Waals surface area contributed by atoms with E-state index < -0.39 is 0 Å². The zero-order valence-electron chi connectivity index (χ0n) is 12.3. The molecule has 0 heterocycles. The van der Waals surface area contributed by atoms with E-state index in [1.807, 2.05) is 32.0 Å². The zero-order chi connectivity index (χ0) is 15.0. The lowest BCUT2D eigenvalue weighted by molar-refractivity contribution is 0.0879. The van der Waals surface area contributed by atoms with Crippen molar-refractivity contribution in [3.63, 3.8) is 0 Å². The summed E-state index contributed by atoms with van der Waals surface area (Å²) in [6.45, 7) is 4.44. The largest absolute Gasteiger partial charge is 0.396 e. The molecule has 5 nitrogen and oxygen atoms in total. The van der Waals surface area contributed by atoms with Gasteiger partial charge in [0.2, 0.25) is 0 Å². The number of benzene rings is 1. The third kappa shape index (κ3) is 5.19. The number of anilines is 1. The molecule has 1 rings (SSSR count). The second-order valence-electron chi connectivity index (χ2n) is 4.98. The first-order valence-corrected chi connectivity index (χ1v) is 6.84. The van der Waals surface area contributed by atoms with Gasteiger partial charge in [0.05, 0.1) is 18.2 Å². The molecule has 0 saturated carbocycles. The van der Waals surface area contributed by atoms with Crippen molar-refractivity contribution in [2.45, 2.75) is 32.4 Å². The predicted molar refractivity (Wildman–Crippen MR) is 80.0 cm³/mol. The fourth-order valence-electron chi connectivity index (χ4n) is 1.94. The highest BCUT2D eigenvalue weighted by atomic mass is 16.5. The predicted octanol–water partition coefficient (Wildman–Crippen LogP) is 1.63. The topological polar surface area (TPSA) is 70.6 Å². The molecule has 112 valence electrons. The molecule has 0 aliphatic rings. The van der Waals surface area contributed by atoms with Crippen LogP contribution in [0.15, 0.2) is 24.3 Å². The Morgan fingerprint density at radius 3 is 2.65 bits per heavy atom. The zero-order valence-corrected chi connectivity index (χ0v) is 12.3. The molecule has 0 spiro atoms. The van der Waals surface area contributed by atoms with Crippen LogP contribution in [0.1, 0.15) is 30.6 Å². The summed E-state index contributed by atoms with van der Waals surface area (Å²) < 4.78 is 5.05. The summed E-state index contributed by atoms with van der Waals surface area (Å²) in [5.41, 5.74) is 1.40. The Morgan fingerprint density at radius 1 is 1.35 bits per heavy atom. The van der Waals surface area contributed by atoms with Crippen LogP contribution in [0.25, 0.3) is 0 Å². The van der Waals surface area contributed by atoms with Gasteiger partial charge in [-0.15, -0.1) is 0 Å². The first-order chi connectivity index (χ1) is 9.58. The molecule has 1 atom stereocenters. The lowest BCUT2D eigenvalue weighted by Crippen LogP contribution is -2.39. The summed E-state index contributed by atoms with van der Waals surface area (Å²) in [5.74, 6) is -0.163. The molecule has 3 N–H and O–H groups in total. The van der Waals surface area contributed by atoms with E-state index >= 15 is 0 Å². The Labute approximate surface area is 120 Å². The highest BCUT2D eigenvalue weighted by Gasteiger charge is 2.16. The molecule has 0 aromatic heterocycles. The number of ether oxygens (including phenoxy) is 1. The number of aliphatic hydroxyl groups excluding tert-OH is 1. The molecule has 0 fully saturated rings. The number of rotatable bonds is 8. The van der Waals surface area contributed by atoms with Crippen LogP contribution >= 0.6 is 0 Å². The van der Waals surface area contributed by atoms with Gasteiger partial charge in [-0.2, -0.15) is 0 Å². The summed E-state index contributed by atoms with van der Waals surface area (Å²) in [6, 6.07) is 7.44. The van der Waals surface area contributed by atoms with Crippen LogP contribution in [0.2, 0.25) is 0 Å². The number of nitrogens with one attached hydrogen (secondary N) is 2. The fraction of sp³-hybridized carbons (Fsp3) is 0.533. The van der Waals surface area contributed by atoms with E-state index in [9.17, 15) is 4.79 Å². The first-order valence-electron chi connectivity index (χ1n) is 6.84. The molecular weight excluding hydrogens is 256 g/mol. The van der Waals surface area contributed by atoms with Crippen molar-refractivity contribution in [3.8, 4) is 0 Å². The number of para-hydroxylation sites is 1. The lowest BCUT2D eigenvalue weighted by atomic mass is 10.1. The number of carbonyl (C=O) groups is 1. The van der Waals surface area contributed by atoms with Crippen molar-refractivity contribution < 1.29 is 14.6 Å². The lowest BCUT2D eigenvalue weighted by Gasteiger charge is -2.19. The van der Waals surface area contributed by atoms with Crippen LogP contribution in [-0.4, -0.2) is 43.4 Å². The summed E-state index contributed by atoms with van der Waals surface area (Å²) in [7, 11) is 1.57. The maximum atomic E-state index is 12.3. The average molecular weight is 280 g/mol. The molecule has 0 aliphatic heterocycles. The van der Waals surface area contributed by atoms with E-state index in [1.165, 1.54) is 0 Å². The molecule has 1 aromatic rings. The Kier molecular flexibility index (Phi) is 7.04. The van der Waals surface area contributed by atoms with E-state index in [0.717, 1.165) is 5.69 Å². The Balaban J connectivity index is 2.80. The molecule has 0 saturated heterocycles. The minimum atomic E-state index is -0.190. The summed E-state index contributed by atoms with van der Waals surface area (Å²) in [4.78, 5) is 12.3. The van der Waals surface area contributed by atoms with E-state index in [1.54, 1.807) is 13.2 Å². The normalized spacial score (nSPS) is 12.2. The van der Waals surface area contributed by atoms with Crippen molar-refractivity contribution in [1.29, 1.82) is 0 Å². The molecular formula is C15H24N2O3. The van der Waals surface area contributed by atoms with E-state index in [2.05, 4.69) is 10.6 Å². The van der Waals surface area contributed by atoms with Gasteiger partial charge < -0.3 is 20.5 Å². The van der Waals surface area contributed by atoms with Gasteiger partial charge in [-0.25, -0.2) is 0 Å². The second kappa shape index (κ2) is 8.55. The number of methoxy groups -OCH3 is 1. The van der Waals surface area contributed by atoms with Crippen LogP contribution in [0, 0.1) is 0 Å². The standard InChI is InChI=1S/C15H24N2O3/c1-11(2)16-14-7-5-4-6-13(14)15(19)17-12(8-9-18)10-20-3/h4-7,11-12,16,18H,8-10H2,1-3H3,(H,17,19).